The van der Waals surface area contributed by atoms with Gasteiger partial charge in [0.2, 0.25) is 0 Å². The molecule has 8 heteroatoms. The van der Waals surface area contributed by atoms with Crippen LogP contribution in [0.1, 0.15) is 21.7 Å². The van der Waals surface area contributed by atoms with Crippen LogP contribution in [0.15, 0.2) is 52.7 Å². The Hall–Kier alpha value is -2.45. The van der Waals surface area contributed by atoms with Gasteiger partial charge in [-0.15, -0.1) is 11.3 Å². The van der Waals surface area contributed by atoms with Crippen molar-refractivity contribution in [3.63, 3.8) is 0 Å². The molecule has 1 amide bonds. The minimum atomic E-state index is -0.155. The van der Waals surface area contributed by atoms with Crippen molar-refractivity contribution < 1.29 is 4.79 Å². The highest BCUT2D eigenvalue weighted by Gasteiger charge is 2.15. The topological polar surface area (TPSA) is 64.2 Å². The zero-order valence-electron chi connectivity index (χ0n) is 13.3. The Morgan fingerprint density at radius 3 is 2.88 bits per heavy atom. The minimum Gasteiger partial charge on any atom is -0.346 e. The number of nitrogens with one attached hydrogen (secondary N) is 1. The van der Waals surface area contributed by atoms with E-state index >= 15 is 0 Å². The summed E-state index contributed by atoms with van der Waals surface area (Å²) < 4.78 is 4.70. The van der Waals surface area contributed by atoms with Crippen LogP contribution in [0.25, 0.3) is 10.6 Å². The van der Waals surface area contributed by atoms with E-state index in [1.165, 1.54) is 0 Å². The number of amides is 1. The quantitative estimate of drug-likeness (QED) is 0.553. The lowest BCUT2D eigenvalue weighted by Gasteiger charge is -2.06. The number of halogens is 1. The summed E-state index contributed by atoms with van der Waals surface area (Å²) in [6.07, 6.45) is 5.47. The average Bonchev–Trinajstić information content (AvgIpc) is 3.28. The van der Waals surface area contributed by atoms with Gasteiger partial charge >= 0.3 is 0 Å². The number of benzene rings is 1. The fraction of sp³-hybridized carbons (Fsp3) is 0.118. The number of fused-ring (bicyclic) bond motifs is 1. The predicted molar refractivity (Wildman–Crippen MR) is 100 cm³/mol. The van der Waals surface area contributed by atoms with Gasteiger partial charge in [-0.2, -0.15) is 5.10 Å². The van der Waals surface area contributed by atoms with Gasteiger partial charge < -0.3 is 5.32 Å². The van der Waals surface area contributed by atoms with Crippen molar-refractivity contribution >= 4 is 38.1 Å². The minimum absolute atomic E-state index is 0.155. The zero-order valence-corrected chi connectivity index (χ0v) is 15.7. The van der Waals surface area contributed by atoms with Gasteiger partial charge in [-0.1, -0.05) is 15.9 Å². The Morgan fingerprint density at radius 1 is 1.32 bits per heavy atom. The molecule has 3 heterocycles. The molecule has 0 bridgehead atoms. The van der Waals surface area contributed by atoms with Gasteiger partial charge in [0, 0.05) is 22.2 Å². The van der Waals surface area contributed by atoms with Crippen LogP contribution in [-0.2, 0) is 6.54 Å². The molecule has 0 saturated heterocycles. The summed E-state index contributed by atoms with van der Waals surface area (Å²) in [6, 6.07) is 7.79. The fourth-order valence-corrected chi connectivity index (χ4v) is 3.59. The van der Waals surface area contributed by atoms with Gasteiger partial charge in [-0.3, -0.25) is 9.20 Å². The number of carbonyl (C=O) groups excluding carboxylic acids is 1. The van der Waals surface area contributed by atoms with E-state index in [2.05, 4.69) is 31.3 Å². The second-order valence-electron chi connectivity index (χ2n) is 5.54. The molecule has 4 rings (SSSR count). The summed E-state index contributed by atoms with van der Waals surface area (Å²) in [5.41, 5.74) is 3.10. The van der Waals surface area contributed by atoms with Crippen LogP contribution in [0.3, 0.4) is 0 Å². The van der Waals surface area contributed by atoms with Gasteiger partial charge in [0.05, 0.1) is 35.4 Å². The van der Waals surface area contributed by atoms with Crippen molar-refractivity contribution in [3.05, 3.63) is 69.7 Å². The monoisotopic (exact) mass is 415 g/mol. The summed E-state index contributed by atoms with van der Waals surface area (Å²) >= 11 is 4.98. The third-order valence-corrected chi connectivity index (χ3v) is 5.20. The van der Waals surface area contributed by atoms with Crippen molar-refractivity contribution in [1.82, 2.24) is 24.5 Å². The Labute approximate surface area is 156 Å². The van der Waals surface area contributed by atoms with Crippen LogP contribution in [0.4, 0.5) is 0 Å². The van der Waals surface area contributed by atoms with Crippen molar-refractivity contribution in [3.8, 4) is 5.69 Å². The molecular weight excluding hydrogens is 402 g/mol. The van der Waals surface area contributed by atoms with E-state index in [0.29, 0.717) is 12.1 Å². The molecule has 4 aromatic rings. The predicted octanol–water partition coefficient (Wildman–Crippen LogP) is 3.58. The average molecular weight is 416 g/mol. The third-order valence-electron chi connectivity index (χ3n) is 3.90. The number of thiazole rings is 1. The van der Waals surface area contributed by atoms with Gasteiger partial charge in [0.1, 0.15) is 0 Å². The molecule has 25 heavy (non-hydrogen) atoms. The van der Waals surface area contributed by atoms with Gasteiger partial charge in [-0.25, -0.2) is 9.67 Å². The molecule has 0 spiro atoms. The summed E-state index contributed by atoms with van der Waals surface area (Å²) in [5, 5.41) is 9.23. The standard InChI is InChI=1S/C17H14BrN5OS/c1-11-15(9-20-23(11)14-4-2-12(18)3-5-14)16(24)19-8-13-10-22-6-7-25-17(22)21-13/h2-7,9-10H,8H2,1H3,(H,19,24). The third kappa shape index (κ3) is 3.10. The van der Waals surface area contributed by atoms with Crippen LogP contribution < -0.4 is 5.32 Å². The van der Waals surface area contributed by atoms with Crippen LogP contribution in [0.2, 0.25) is 0 Å². The maximum atomic E-state index is 12.5. The smallest absolute Gasteiger partial charge is 0.255 e. The molecule has 6 nitrogen and oxygen atoms in total. The SMILES string of the molecule is Cc1c(C(=O)NCc2cn3ccsc3n2)cnn1-c1ccc(Br)cc1. The van der Waals surface area contributed by atoms with Crippen molar-refractivity contribution in [2.45, 2.75) is 13.5 Å². The van der Waals surface area contributed by atoms with E-state index in [9.17, 15) is 4.79 Å². The maximum absolute atomic E-state index is 12.5. The van der Waals surface area contributed by atoms with Gasteiger partial charge in [-0.05, 0) is 31.2 Å². The van der Waals surface area contributed by atoms with E-state index in [0.717, 1.165) is 26.5 Å². The lowest BCUT2D eigenvalue weighted by Crippen LogP contribution is -2.23. The first kappa shape index (κ1) is 16.0. The normalized spacial score (nSPS) is 11.1. The van der Waals surface area contributed by atoms with E-state index in [-0.39, 0.29) is 5.91 Å². The summed E-state index contributed by atoms with van der Waals surface area (Å²) in [5.74, 6) is -0.155. The number of imidazole rings is 1. The van der Waals surface area contributed by atoms with E-state index in [4.69, 9.17) is 0 Å². The van der Waals surface area contributed by atoms with E-state index in [1.54, 1.807) is 22.2 Å². The highest BCUT2D eigenvalue weighted by atomic mass is 79.9. The number of hydrogen-bond donors (Lipinski definition) is 1. The Kier molecular flexibility index (Phi) is 4.14. The fourth-order valence-electron chi connectivity index (χ4n) is 2.60. The molecule has 0 fully saturated rings. The molecule has 0 atom stereocenters. The lowest BCUT2D eigenvalue weighted by atomic mass is 10.2. The second-order valence-corrected chi connectivity index (χ2v) is 7.33. The largest absolute Gasteiger partial charge is 0.346 e. The van der Waals surface area contributed by atoms with Crippen LogP contribution in [-0.4, -0.2) is 25.1 Å². The number of hydrogen-bond acceptors (Lipinski definition) is 4. The highest BCUT2D eigenvalue weighted by molar-refractivity contribution is 9.10. The molecule has 0 saturated carbocycles. The first-order chi connectivity index (χ1) is 12.1. The van der Waals surface area contributed by atoms with Crippen molar-refractivity contribution in [2.24, 2.45) is 0 Å². The van der Waals surface area contributed by atoms with Crippen LogP contribution >= 0.6 is 27.3 Å². The molecular formula is C17H14BrN5OS. The van der Waals surface area contributed by atoms with Crippen LogP contribution in [0.5, 0.6) is 0 Å². The maximum Gasteiger partial charge on any atom is 0.255 e. The van der Waals surface area contributed by atoms with E-state index < -0.39 is 0 Å². The molecule has 126 valence electrons. The van der Waals surface area contributed by atoms with Gasteiger partial charge in [0.25, 0.3) is 5.91 Å². The first-order valence-electron chi connectivity index (χ1n) is 7.61. The van der Waals surface area contributed by atoms with E-state index in [1.807, 2.05) is 53.4 Å². The summed E-state index contributed by atoms with van der Waals surface area (Å²) in [4.78, 5) is 17.9. The Bertz CT molecular complexity index is 1020. The van der Waals surface area contributed by atoms with Gasteiger partial charge in [0.15, 0.2) is 4.96 Å². The number of rotatable bonds is 4. The zero-order chi connectivity index (χ0) is 17.4. The summed E-state index contributed by atoms with van der Waals surface area (Å²) in [7, 11) is 0. The molecule has 0 aliphatic carbocycles. The Morgan fingerprint density at radius 2 is 2.12 bits per heavy atom. The number of nitrogens with zero attached hydrogens (tertiary/aromatic N) is 4. The molecule has 3 aromatic heterocycles. The van der Waals surface area contributed by atoms with Crippen LogP contribution in [0, 0.1) is 6.92 Å². The summed E-state index contributed by atoms with van der Waals surface area (Å²) in [6.45, 7) is 2.27. The van der Waals surface area contributed by atoms with Crippen molar-refractivity contribution in [2.75, 3.05) is 0 Å². The molecule has 0 radical (unpaired) electrons. The first-order valence-corrected chi connectivity index (χ1v) is 9.29. The molecule has 1 N–H and O–H groups in total. The Balaban J connectivity index is 1.50. The number of carbonyl (C=O) groups is 1. The lowest BCUT2D eigenvalue weighted by molar-refractivity contribution is 0.0950. The molecule has 0 aliphatic rings. The number of aromatic nitrogens is 4. The highest BCUT2D eigenvalue weighted by Crippen LogP contribution is 2.17. The second kappa shape index (κ2) is 6.45. The van der Waals surface area contributed by atoms with Crippen molar-refractivity contribution in [1.29, 1.82) is 0 Å². The molecule has 0 unspecified atom stereocenters. The molecule has 0 aliphatic heterocycles. The molecule has 1 aromatic carbocycles.